The van der Waals surface area contributed by atoms with Crippen LogP contribution in [0.5, 0.6) is 0 Å². The average Bonchev–Trinajstić information content (AvgIpc) is 2.76. The first kappa shape index (κ1) is 28.2. The van der Waals surface area contributed by atoms with Gasteiger partial charge in [-0.15, -0.1) is 11.8 Å². The second-order valence-electron chi connectivity index (χ2n) is 7.70. The van der Waals surface area contributed by atoms with Crippen LogP contribution in [0.3, 0.4) is 0 Å². The Hall–Kier alpha value is -2.82. The summed E-state index contributed by atoms with van der Waals surface area (Å²) in [6.45, 7) is 9.51. The molecule has 0 unspecified atom stereocenters. The maximum Gasteiger partial charge on any atom is 0.293 e. The molecule has 180 valence electrons. The van der Waals surface area contributed by atoms with Gasteiger partial charge in [0.15, 0.2) is 0 Å². The Morgan fingerprint density at radius 2 is 2.03 bits per heavy atom. The van der Waals surface area contributed by atoms with Crippen LogP contribution >= 0.6 is 23.4 Å². The van der Waals surface area contributed by atoms with Crippen molar-refractivity contribution in [3.05, 3.63) is 47.1 Å². The summed E-state index contributed by atoms with van der Waals surface area (Å²) in [5.41, 5.74) is 1.83. The van der Waals surface area contributed by atoms with Crippen molar-refractivity contribution in [3.63, 3.8) is 0 Å². The van der Waals surface area contributed by atoms with E-state index in [4.69, 9.17) is 22.9 Å². The van der Waals surface area contributed by atoms with Crippen molar-refractivity contribution in [2.45, 2.75) is 32.1 Å². The van der Waals surface area contributed by atoms with Crippen molar-refractivity contribution in [1.82, 2.24) is 9.99 Å². The SMILES string of the molecule is C=Nc1c(Cl)cccc1N(CSCc1cccc(NC)n1)C(=N)N(C)N.CC(C)(C)OC=O. The molecule has 0 aliphatic rings. The Kier molecular flexibility index (Phi) is 11.7. The van der Waals surface area contributed by atoms with E-state index in [1.165, 1.54) is 5.01 Å². The molecule has 0 saturated carbocycles. The van der Waals surface area contributed by atoms with E-state index in [2.05, 4.69) is 26.7 Å². The quantitative estimate of drug-likeness (QED) is 0.123. The molecule has 1 heterocycles. The predicted molar refractivity (Wildman–Crippen MR) is 140 cm³/mol. The van der Waals surface area contributed by atoms with Crippen molar-refractivity contribution in [1.29, 1.82) is 5.41 Å². The summed E-state index contributed by atoms with van der Waals surface area (Å²) in [6, 6.07) is 11.2. The van der Waals surface area contributed by atoms with Crippen LogP contribution in [0, 0.1) is 5.41 Å². The maximum absolute atomic E-state index is 9.60. The first-order valence-corrected chi connectivity index (χ1v) is 11.5. The van der Waals surface area contributed by atoms with Gasteiger partial charge in [-0.25, -0.2) is 10.8 Å². The number of halogens is 1. The molecule has 2 aromatic rings. The Balaban J connectivity index is 0.000000675. The Morgan fingerprint density at radius 1 is 1.36 bits per heavy atom. The zero-order chi connectivity index (χ0) is 25.0. The molecular formula is C22H32ClN7O2S. The Morgan fingerprint density at radius 3 is 2.55 bits per heavy atom. The Bertz CT molecular complexity index is 935. The molecular weight excluding hydrogens is 462 g/mol. The number of guanidine groups is 1. The van der Waals surface area contributed by atoms with E-state index < -0.39 is 0 Å². The van der Waals surface area contributed by atoms with E-state index in [1.54, 1.807) is 29.8 Å². The number of ether oxygens (including phenoxy) is 1. The third-order valence-electron chi connectivity index (χ3n) is 3.94. The van der Waals surface area contributed by atoms with E-state index in [0.29, 0.717) is 34.5 Å². The lowest BCUT2D eigenvalue weighted by Crippen LogP contribution is -2.45. The largest absolute Gasteiger partial charge is 0.462 e. The van der Waals surface area contributed by atoms with E-state index in [-0.39, 0.29) is 11.6 Å². The molecule has 0 bridgehead atoms. The number of nitrogens with zero attached hydrogens (tertiary/aromatic N) is 4. The number of anilines is 2. The number of carbonyl (C=O) groups excluding carboxylic acids is 1. The smallest absolute Gasteiger partial charge is 0.293 e. The number of nitrogens with two attached hydrogens (primary N) is 1. The molecule has 0 saturated heterocycles. The van der Waals surface area contributed by atoms with E-state index in [0.717, 1.165) is 11.5 Å². The number of carbonyl (C=O) groups is 1. The number of thioether (sulfide) groups is 1. The van der Waals surface area contributed by atoms with Crippen LogP contribution in [-0.4, -0.2) is 54.7 Å². The lowest BCUT2D eigenvalue weighted by molar-refractivity contribution is -0.138. The number of hydrazine groups is 1. The molecule has 0 radical (unpaired) electrons. The van der Waals surface area contributed by atoms with Gasteiger partial charge in [-0.1, -0.05) is 23.7 Å². The van der Waals surface area contributed by atoms with Crippen LogP contribution in [0.4, 0.5) is 17.2 Å². The molecule has 4 N–H and O–H groups in total. The van der Waals surface area contributed by atoms with Gasteiger partial charge in [0.25, 0.3) is 6.47 Å². The van der Waals surface area contributed by atoms with E-state index in [9.17, 15) is 4.79 Å². The van der Waals surface area contributed by atoms with E-state index >= 15 is 0 Å². The number of benzene rings is 1. The molecule has 0 atom stereocenters. The molecule has 0 aliphatic heterocycles. The summed E-state index contributed by atoms with van der Waals surface area (Å²) >= 11 is 7.83. The van der Waals surface area contributed by atoms with Gasteiger partial charge in [0, 0.05) is 19.8 Å². The number of aromatic nitrogens is 1. The third-order valence-corrected chi connectivity index (χ3v) is 5.18. The van der Waals surface area contributed by atoms with Crippen LogP contribution in [0.1, 0.15) is 26.5 Å². The first-order chi connectivity index (χ1) is 15.5. The van der Waals surface area contributed by atoms with Crippen LogP contribution in [-0.2, 0) is 15.3 Å². The molecule has 0 amide bonds. The summed E-state index contributed by atoms with van der Waals surface area (Å²) in [5, 5.41) is 13.1. The highest BCUT2D eigenvalue weighted by Crippen LogP contribution is 2.36. The molecule has 1 aromatic carbocycles. The summed E-state index contributed by atoms with van der Waals surface area (Å²) in [7, 11) is 3.45. The number of pyridine rings is 1. The first-order valence-electron chi connectivity index (χ1n) is 9.96. The molecule has 11 heteroatoms. The highest BCUT2D eigenvalue weighted by atomic mass is 35.5. The van der Waals surface area contributed by atoms with Gasteiger partial charge in [-0.2, -0.15) is 0 Å². The number of para-hydroxylation sites is 1. The lowest BCUT2D eigenvalue weighted by atomic mass is 10.2. The van der Waals surface area contributed by atoms with Gasteiger partial charge < -0.3 is 10.1 Å². The molecule has 0 aliphatic carbocycles. The highest BCUT2D eigenvalue weighted by Gasteiger charge is 2.19. The second-order valence-corrected chi connectivity index (χ2v) is 9.06. The van der Waals surface area contributed by atoms with E-state index in [1.807, 2.05) is 58.2 Å². The molecule has 2 rings (SSSR count). The van der Waals surface area contributed by atoms with Gasteiger partial charge in [0.2, 0.25) is 5.96 Å². The normalized spacial score (nSPS) is 10.4. The van der Waals surface area contributed by atoms with Gasteiger partial charge in [0.05, 0.1) is 22.3 Å². The van der Waals surface area contributed by atoms with Crippen molar-refractivity contribution in [2.24, 2.45) is 10.8 Å². The molecule has 9 nitrogen and oxygen atoms in total. The summed E-state index contributed by atoms with van der Waals surface area (Å²) in [4.78, 5) is 19.8. The van der Waals surface area contributed by atoms with Crippen LogP contribution < -0.4 is 16.1 Å². The molecule has 33 heavy (non-hydrogen) atoms. The second kappa shape index (κ2) is 13.7. The number of hydrogen-bond acceptors (Lipinski definition) is 8. The number of rotatable bonds is 8. The standard InChI is InChI=1S/C17H22ClN7S.C5H10O2/c1-21-15-9-4-6-12(23-15)10-26-11-25(17(19)24(3)20)14-8-5-7-13(18)16(14)22-2;1-5(2,3)7-4-6/h4-9,19H,2,10-11,20H2,1,3H3,(H,21,23);4H,1-3H3. The maximum atomic E-state index is 9.60. The van der Waals surface area contributed by atoms with Crippen molar-refractivity contribution < 1.29 is 9.53 Å². The van der Waals surface area contributed by atoms with Crippen molar-refractivity contribution in [2.75, 3.05) is 30.2 Å². The fourth-order valence-corrected chi connectivity index (χ4v) is 3.53. The zero-order valence-electron chi connectivity index (χ0n) is 19.6. The third kappa shape index (κ3) is 9.68. The number of aliphatic imine (C=N–C) groups is 1. The number of hydrogen-bond donors (Lipinski definition) is 3. The Labute approximate surface area is 204 Å². The summed E-state index contributed by atoms with van der Waals surface area (Å²) in [5.74, 6) is 7.90. The minimum absolute atomic E-state index is 0.126. The summed E-state index contributed by atoms with van der Waals surface area (Å²) in [6.07, 6.45) is 0. The molecule has 1 aromatic heterocycles. The van der Waals surface area contributed by atoms with Gasteiger partial charge in [0.1, 0.15) is 17.1 Å². The molecule has 0 fully saturated rings. The zero-order valence-corrected chi connectivity index (χ0v) is 21.2. The fourth-order valence-electron chi connectivity index (χ4n) is 2.40. The predicted octanol–water partition coefficient (Wildman–Crippen LogP) is 4.50. The average molecular weight is 494 g/mol. The fraction of sp³-hybridized carbons (Fsp3) is 0.364. The van der Waals surface area contributed by atoms with Gasteiger partial charge in [-0.3, -0.25) is 25.1 Å². The van der Waals surface area contributed by atoms with Gasteiger partial charge >= 0.3 is 0 Å². The van der Waals surface area contributed by atoms with Crippen LogP contribution in [0.25, 0.3) is 0 Å². The van der Waals surface area contributed by atoms with Crippen molar-refractivity contribution in [3.8, 4) is 0 Å². The van der Waals surface area contributed by atoms with Crippen molar-refractivity contribution >= 4 is 59.7 Å². The summed E-state index contributed by atoms with van der Waals surface area (Å²) < 4.78 is 4.55. The lowest BCUT2D eigenvalue weighted by Gasteiger charge is -2.29. The number of nitrogens with one attached hydrogen (secondary N) is 2. The minimum Gasteiger partial charge on any atom is -0.462 e. The van der Waals surface area contributed by atoms with Gasteiger partial charge in [-0.05, 0) is 51.8 Å². The highest BCUT2D eigenvalue weighted by molar-refractivity contribution is 7.98. The minimum atomic E-state index is -0.318. The van der Waals surface area contributed by atoms with Crippen LogP contribution in [0.2, 0.25) is 5.02 Å². The topological polar surface area (TPSA) is 120 Å². The molecule has 0 spiro atoms. The monoisotopic (exact) mass is 493 g/mol. The van der Waals surface area contributed by atoms with Crippen LogP contribution in [0.15, 0.2) is 41.4 Å².